The van der Waals surface area contributed by atoms with E-state index in [0.717, 1.165) is 19.4 Å². The molecule has 0 aliphatic carbocycles. The maximum atomic E-state index is 2.64. The molecule has 2 heteroatoms. The third kappa shape index (κ3) is 9.60. The molecule has 196 valence electrons. The normalized spacial score (nSPS) is 12.2. The fraction of sp³-hybridized carbons (Fsp3) is 0.559. The second-order valence-electron chi connectivity index (χ2n) is 10.9. The monoisotopic (exact) mass is 487 g/mol. The molecule has 3 aromatic rings. The molecule has 0 aliphatic rings. The third-order valence-corrected chi connectivity index (χ3v) is 7.73. The van der Waals surface area contributed by atoms with Crippen LogP contribution in [0.4, 0.5) is 0 Å². The quantitative estimate of drug-likeness (QED) is 0.125. The number of aromatic nitrogens is 2. The average molecular weight is 488 g/mol. The van der Waals surface area contributed by atoms with Crippen LogP contribution < -0.4 is 4.57 Å². The van der Waals surface area contributed by atoms with Crippen LogP contribution in [0.5, 0.6) is 0 Å². The van der Waals surface area contributed by atoms with E-state index in [4.69, 9.17) is 0 Å². The van der Waals surface area contributed by atoms with E-state index in [-0.39, 0.29) is 0 Å². The van der Waals surface area contributed by atoms with Crippen LogP contribution in [0.25, 0.3) is 0 Å². The van der Waals surface area contributed by atoms with Crippen LogP contribution in [0.15, 0.2) is 66.9 Å². The maximum Gasteiger partial charge on any atom is 0.260 e. The van der Waals surface area contributed by atoms with Crippen LogP contribution in [0.1, 0.15) is 119 Å². The molecule has 0 fully saturated rings. The van der Waals surface area contributed by atoms with Crippen molar-refractivity contribution >= 4 is 0 Å². The van der Waals surface area contributed by atoms with Crippen LogP contribution in [-0.2, 0) is 26.4 Å². The summed E-state index contributed by atoms with van der Waals surface area (Å²) in [5.74, 6) is 1.95. The number of unbranched alkanes of at least 4 members (excludes halogenated alkanes) is 11. The van der Waals surface area contributed by atoms with Crippen molar-refractivity contribution in [2.24, 2.45) is 7.05 Å². The molecule has 36 heavy (non-hydrogen) atoms. The smallest absolute Gasteiger partial charge is 0.236 e. The first kappa shape index (κ1) is 28.2. The fourth-order valence-corrected chi connectivity index (χ4v) is 5.48. The minimum absolute atomic E-state index is 0.520. The molecule has 1 atom stereocenters. The number of rotatable bonds is 18. The minimum Gasteiger partial charge on any atom is -0.236 e. The molecule has 0 saturated carbocycles. The summed E-state index contributed by atoms with van der Waals surface area (Å²) in [6, 6.07) is 21.9. The molecule has 1 unspecified atom stereocenters. The van der Waals surface area contributed by atoms with Crippen molar-refractivity contribution in [2.45, 2.75) is 116 Å². The number of benzene rings is 2. The molecule has 0 saturated heterocycles. The van der Waals surface area contributed by atoms with Crippen molar-refractivity contribution in [1.29, 1.82) is 0 Å². The Morgan fingerprint density at radius 3 is 1.81 bits per heavy atom. The molecule has 0 radical (unpaired) electrons. The van der Waals surface area contributed by atoms with Crippen LogP contribution in [0.3, 0.4) is 0 Å². The molecule has 0 spiro atoms. The van der Waals surface area contributed by atoms with Crippen LogP contribution >= 0.6 is 0 Å². The van der Waals surface area contributed by atoms with Gasteiger partial charge >= 0.3 is 0 Å². The molecule has 2 aromatic carbocycles. The van der Waals surface area contributed by atoms with Gasteiger partial charge in [0.05, 0.1) is 20.0 Å². The van der Waals surface area contributed by atoms with Crippen molar-refractivity contribution in [2.75, 3.05) is 0 Å². The third-order valence-electron chi connectivity index (χ3n) is 7.73. The van der Waals surface area contributed by atoms with E-state index >= 15 is 0 Å². The van der Waals surface area contributed by atoms with Crippen LogP contribution in [-0.4, -0.2) is 4.57 Å². The van der Waals surface area contributed by atoms with Crippen molar-refractivity contribution < 1.29 is 4.57 Å². The zero-order valence-corrected chi connectivity index (χ0v) is 23.4. The first-order valence-electron chi connectivity index (χ1n) is 14.8. The Morgan fingerprint density at radius 2 is 1.22 bits per heavy atom. The molecule has 2 nitrogen and oxygen atoms in total. The summed E-state index contributed by atoms with van der Waals surface area (Å²) in [4.78, 5) is 0. The van der Waals surface area contributed by atoms with E-state index in [9.17, 15) is 0 Å². The largest absolute Gasteiger partial charge is 0.260 e. The molecule has 1 heterocycles. The second-order valence-corrected chi connectivity index (χ2v) is 10.9. The molecule has 1 aromatic heterocycles. The van der Waals surface area contributed by atoms with Gasteiger partial charge in [0.15, 0.2) is 0 Å². The zero-order valence-electron chi connectivity index (χ0n) is 23.4. The molecule has 0 bridgehead atoms. The van der Waals surface area contributed by atoms with Gasteiger partial charge in [0.25, 0.3) is 5.82 Å². The summed E-state index contributed by atoms with van der Waals surface area (Å²) in [6.07, 6.45) is 21.3. The predicted octanol–water partition coefficient (Wildman–Crippen LogP) is 8.95. The number of aryl methyl sites for hydroxylation is 1. The lowest BCUT2D eigenvalue weighted by Gasteiger charge is -2.12. The second kappa shape index (κ2) is 16.4. The summed E-state index contributed by atoms with van der Waals surface area (Å²) in [5.41, 5.74) is 4.30. The van der Waals surface area contributed by atoms with Gasteiger partial charge in [0, 0.05) is 6.42 Å². The van der Waals surface area contributed by atoms with Crippen molar-refractivity contribution in [3.05, 3.63) is 89.5 Å². The lowest BCUT2D eigenvalue weighted by molar-refractivity contribution is -0.710. The highest BCUT2D eigenvalue weighted by Crippen LogP contribution is 2.20. The summed E-state index contributed by atoms with van der Waals surface area (Å²) >= 11 is 0. The van der Waals surface area contributed by atoms with E-state index in [2.05, 4.69) is 96.9 Å². The summed E-state index contributed by atoms with van der Waals surface area (Å²) in [7, 11) is 2.23. The first-order chi connectivity index (χ1) is 17.7. The Balaban J connectivity index is 1.52. The first-order valence-corrected chi connectivity index (χ1v) is 14.8. The SMILES string of the molecule is CCCCCCCCCCCCCC[n+]1c(CC(C)c2ccccc2)cn(C)c1Cc1ccccc1. The maximum absolute atomic E-state index is 2.64. The summed E-state index contributed by atoms with van der Waals surface area (Å²) in [6.45, 7) is 5.80. The lowest BCUT2D eigenvalue weighted by Crippen LogP contribution is -2.41. The fourth-order valence-electron chi connectivity index (χ4n) is 5.48. The van der Waals surface area contributed by atoms with Crippen LogP contribution in [0, 0.1) is 0 Å². The topological polar surface area (TPSA) is 8.81 Å². The standard InChI is InChI=1S/C34H51N2/c1-4-5-6-7-8-9-10-11-12-13-14-21-26-36-33(27-30(2)32-24-19-16-20-25-32)29-35(3)34(36)28-31-22-17-15-18-23-31/h15-20,22-25,29-30H,4-14,21,26-28H2,1-3H3/q+1. The molecule has 0 aliphatic heterocycles. The van der Waals surface area contributed by atoms with Gasteiger partial charge in [-0.15, -0.1) is 0 Å². The molecule has 0 amide bonds. The highest BCUT2D eigenvalue weighted by molar-refractivity contribution is 5.21. The van der Waals surface area contributed by atoms with Crippen molar-refractivity contribution in [3.63, 3.8) is 0 Å². The van der Waals surface area contributed by atoms with Gasteiger partial charge in [-0.1, -0.05) is 139 Å². The number of hydrogen-bond donors (Lipinski definition) is 0. The van der Waals surface area contributed by atoms with Gasteiger partial charge < -0.3 is 0 Å². The van der Waals surface area contributed by atoms with Crippen LogP contribution in [0.2, 0.25) is 0 Å². The van der Waals surface area contributed by atoms with Gasteiger partial charge in [-0.05, 0) is 29.9 Å². The Labute approximate surface area is 221 Å². The molecule has 0 N–H and O–H groups in total. The zero-order chi connectivity index (χ0) is 25.4. The summed E-state index contributed by atoms with van der Waals surface area (Å²) < 4.78 is 5.02. The Hall–Kier alpha value is -2.35. The highest BCUT2D eigenvalue weighted by atomic mass is 15.1. The molecule has 3 rings (SSSR count). The van der Waals surface area contributed by atoms with Gasteiger partial charge in [0.2, 0.25) is 0 Å². The Morgan fingerprint density at radius 1 is 0.694 bits per heavy atom. The van der Waals surface area contributed by atoms with Gasteiger partial charge in [-0.25, -0.2) is 9.13 Å². The lowest BCUT2D eigenvalue weighted by atomic mass is 9.96. The number of nitrogens with zero attached hydrogens (tertiary/aromatic N) is 2. The van der Waals surface area contributed by atoms with E-state index < -0.39 is 0 Å². The summed E-state index contributed by atoms with van der Waals surface area (Å²) in [5, 5.41) is 0. The Kier molecular flexibility index (Phi) is 12.9. The van der Waals surface area contributed by atoms with E-state index in [1.54, 1.807) is 0 Å². The van der Waals surface area contributed by atoms with Gasteiger partial charge in [0.1, 0.15) is 11.9 Å². The number of hydrogen-bond acceptors (Lipinski definition) is 0. The average Bonchev–Trinajstić information content (AvgIpc) is 3.19. The van der Waals surface area contributed by atoms with Gasteiger partial charge in [-0.2, -0.15) is 0 Å². The van der Waals surface area contributed by atoms with Gasteiger partial charge in [-0.3, -0.25) is 0 Å². The van der Waals surface area contributed by atoms with E-state index in [1.807, 2.05) is 0 Å². The molecular formula is C34H51N2+. The Bertz CT molecular complexity index is 958. The molecular weight excluding hydrogens is 436 g/mol. The minimum atomic E-state index is 0.520. The number of imidazole rings is 1. The van der Waals surface area contributed by atoms with E-state index in [0.29, 0.717) is 5.92 Å². The van der Waals surface area contributed by atoms with Crippen molar-refractivity contribution in [1.82, 2.24) is 4.57 Å². The predicted molar refractivity (Wildman–Crippen MR) is 154 cm³/mol. The highest BCUT2D eigenvalue weighted by Gasteiger charge is 2.23. The van der Waals surface area contributed by atoms with E-state index in [1.165, 1.54) is 99.7 Å². The van der Waals surface area contributed by atoms with Crippen molar-refractivity contribution in [3.8, 4) is 0 Å².